The summed E-state index contributed by atoms with van der Waals surface area (Å²) >= 11 is 7.33. The van der Waals surface area contributed by atoms with Crippen molar-refractivity contribution in [2.24, 2.45) is 0 Å². The van der Waals surface area contributed by atoms with Gasteiger partial charge in [-0.15, -0.1) is 11.3 Å². The Bertz CT molecular complexity index is 965. The molecular weight excluding hydrogens is 427 g/mol. The maximum atomic E-state index is 14.1. The van der Waals surface area contributed by atoms with Crippen molar-refractivity contribution in [3.63, 3.8) is 0 Å². The number of nitrogens with zero attached hydrogens (tertiary/aromatic N) is 2. The van der Waals surface area contributed by atoms with Crippen LogP contribution in [0.3, 0.4) is 0 Å². The van der Waals surface area contributed by atoms with E-state index in [0.717, 1.165) is 10.7 Å². The van der Waals surface area contributed by atoms with Crippen LogP contribution in [0.1, 0.15) is 27.5 Å². The Morgan fingerprint density at radius 2 is 1.97 bits per heavy atom. The van der Waals surface area contributed by atoms with Gasteiger partial charge < -0.3 is 14.4 Å². The second-order valence-corrected chi connectivity index (χ2v) is 7.91. The lowest BCUT2D eigenvalue weighted by Crippen LogP contribution is -2.32. The maximum absolute atomic E-state index is 14.1. The third-order valence-electron chi connectivity index (χ3n) is 4.30. The van der Waals surface area contributed by atoms with Gasteiger partial charge in [0.1, 0.15) is 23.2 Å². The van der Waals surface area contributed by atoms with Crippen molar-refractivity contribution in [3.05, 3.63) is 81.0 Å². The smallest absolute Gasteiger partial charge is 0.257 e. The van der Waals surface area contributed by atoms with E-state index in [1.54, 1.807) is 48.4 Å². The molecule has 8 heteroatoms. The van der Waals surface area contributed by atoms with Crippen molar-refractivity contribution in [3.8, 4) is 5.75 Å². The normalized spacial score (nSPS) is 10.8. The third-order valence-corrected chi connectivity index (χ3v) is 5.42. The summed E-state index contributed by atoms with van der Waals surface area (Å²) in [5.41, 5.74) is 0.785. The van der Waals surface area contributed by atoms with Crippen LogP contribution in [0.25, 0.3) is 0 Å². The number of amides is 1. The molecule has 2 aromatic carbocycles. The Morgan fingerprint density at radius 1 is 1.20 bits per heavy atom. The standard InChI is InChI=1S/C22H22ClFN2O3S/c1-28-12-4-11-26(22(27)19-5-2-3-6-20(19)24)13-17-15-30-21(25-17)14-29-18-9-7-16(23)8-10-18/h2-3,5-10,15H,4,11-14H2,1H3. The molecular formula is C22H22ClFN2O3S. The first kappa shape index (κ1) is 22.2. The molecule has 0 spiro atoms. The summed E-state index contributed by atoms with van der Waals surface area (Å²) in [6.45, 7) is 1.55. The van der Waals surface area contributed by atoms with E-state index in [4.69, 9.17) is 21.1 Å². The van der Waals surface area contributed by atoms with Gasteiger partial charge in [-0.05, 0) is 42.8 Å². The highest BCUT2D eigenvalue weighted by Gasteiger charge is 2.20. The van der Waals surface area contributed by atoms with Crippen LogP contribution in [0.2, 0.25) is 5.02 Å². The van der Waals surface area contributed by atoms with E-state index < -0.39 is 5.82 Å². The lowest BCUT2D eigenvalue weighted by atomic mass is 10.1. The molecule has 0 unspecified atom stereocenters. The number of benzene rings is 2. The van der Waals surface area contributed by atoms with E-state index in [9.17, 15) is 9.18 Å². The van der Waals surface area contributed by atoms with Gasteiger partial charge in [0.15, 0.2) is 0 Å². The van der Waals surface area contributed by atoms with Crippen molar-refractivity contribution in [1.29, 1.82) is 0 Å². The fraction of sp³-hybridized carbons (Fsp3) is 0.273. The van der Waals surface area contributed by atoms with Gasteiger partial charge in [0, 0.05) is 30.7 Å². The summed E-state index contributed by atoms with van der Waals surface area (Å²) in [6, 6.07) is 13.1. The minimum absolute atomic E-state index is 0.0523. The topological polar surface area (TPSA) is 51.7 Å². The molecule has 0 saturated heterocycles. The number of hydrogen-bond donors (Lipinski definition) is 0. The minimum Gasteiger partial charge on any atom is -0.486 e. The monoisotopic (exact) mass is 448 g/mol. The average Bonchev–Trinajstić information content (AvgIpc) is 3.20. The maximum Gasteiger partial charge on any atom is 0.257 e. The Balaban J connectivity index is 1.66. The molecule has 0 saturated carbocycles. The molecule has 3 aromatic rings. The van der Waals surface area contributed by atoms with Gasteiger partial charge in [-0.25, -0.2) is 9.37 Å². The van der Waals surface area contributed by atoms with Gasteiger partial charge in [-0.2, -0.15) is 0 Å². The van der Waals surface area contributed by atoms with Gasteiger partial charge in [-0.3, -0.25) is 4.79 Å². The van der Waals surface area contributed by atoms with Gasteiger partial charge in [0.2, 0.25) is 0 Å². The SMILES string of the molecule is COCCCN(Cc1csc(COc2ccc(Cl)cc2)n1)C(=O)c1ccccc1F. The Labute approximate surface area is 184 Å². The number of ether oxygens (including phenoxy) is 2. The minimum atomic E-state index is -0.533. The van der Waals surface area contributed by atoms with Crippen molar-refractivity contribution in [2.45, 2.75) is 19.6 Å². The molecule has 1 amide bonds. The van der Waals surface area contributed by atoms with E-state index in [-0.39, 0.29) is 18.0 Å². The highest BCUT2D eigenvalue weighted by atomic mass is 35.5. The first-order valence-corrected chi connectivity index (χ1v) is 10.7. The predicted molar refractivity (Wildman–Crippen MR) is 116 cm³/mol. The molecule has 0 aliphatic rings. The molecule has 158 valence electrons. The van der Waals surface area contributed by atoms with Crippen molar-refractivity contribution in [2.75, 3.05) is 20.3 Å². The summed E-state index contributed by atoms with van der Waals surface area (Å²) in [4.78, 5) is 19.0. The number of aromatic nitrogens is 1. The lowest BCUT2D eigenvalue weighted by Gasteiger charge is -2.22. The number of thiazole rings is 1. The second-order valence-electron chi connectivity index (χ2n) is 6.53. The summed E-state index contributed by atoms with van der Waals surface area (Å²) in [5.74, 6) is -0.196. The Kier molecular flexibility index (Phi) is 8.19. The number of rotatable bonds is 10. The van der Waals surface area contributed by atoms with Gasteiger partial charge in [0.25, 0.3) is 5.91 Å². The van der Waals surface area contributed by atoms with Crippen LogP contribution < -0.4 is 4.74 Å². The fourth-order valence-corrected chi connectivity index (χ4v) is 3.64. The van der Waals surface area contributed by atoms with Crippen LogP contribution in [0.4, 0.5) is 4.39 Å². The number of halogens is 2. The summed E-state index contributed by atoms with van der Waals surface area (Å²) in [7, 11) is 1.61. The van der Waals surface area contributed by atoms with Crippen LogP contribution in [0, 0.1) is 5.82 Å². The third kappa shape index (κ3) is 6.26. The number of methoxy groups -OCH3 is 1. The highest BCUT2D eigenvalue weighted by Crippen LogP contribution is 2.20. The van der Waals surface area contributed by atoms with E-state index in [1.165, 1.54) is 23.5 Å². The van der Waals surface area contributed by atoms with Crippen molar-refractivity contribution in [1.82, 2.24) is 9.88 Å². The molecule has 5 nitrogen and oxygen atoms in total. The molecule has 0 radical (unpaired) electrons. The highest BCUT2D eigenvalue weighted by molar-refractivity contribution is 7.09. The Morgan fingerprint density at radius 3 is 2.70 bits per heavy atom. The molecule has 1 aromatic heterocycles. The zero-order valence-corrected chi connectivity index (χ0v) is 18.1. The van der Waals surface area contributed by atoms with Gasteiger partial charge >= 0.3 is 0 Å². The molecule has 1 heterocycles. The van der Waals surface area contributed by atoms with E-state index in [2.05, 4.69) is 4.98 Å². The lowest BCUT2D eigenvalue weighted by molar-refractivity contribution is 0.0717. The molecule has 3 rings (SSSR count). The van der Waals surface area contributed by atoms with E-state index in [0.29, 0.717) is 37.0 Å². The first-order chi connectivity index (χ1) is 14.6. The zero-order chi connectivity index (χ0) is 21.3. The van der Waals surface area contributed by atoms with Crippen LogP contribution >= 0.6 is 22.9 Å². The van der Waals surface area contributed by atoms with Crippen LogP contribution in [-0.2, 0) is 17.9 Å². The van der Waals surface area contributed by atoms with Crippen molar-refractivity contribution < 1.29 is 18.7 Å². The molecule has 30 heavy (non-hydrogen) atoms. The summed E-state index contributed by atoms with van der Waals surface area (Å²) < 4.78 is 24.9. The van der Waals surface area contributed by atoms with Crippen LogP contribution in [0.5, 0.6) is 5.75 Å². The van der Waals surface area contributed by atoms with Gasteiger partial charge in [-0.1, -0.05) is 23.7 Å². The number of carbonyl (C=O) groups is 1. The van der Waals surface area contributed by atoms with Crippen LogP contribution in [0.15, 0.2) is 53.9 Å². The molecule has 0 bridgehead atoms. The second kappa shape index (κ2) is 11.1. The molecule has 0 atom stereocenters. The van der Waals surface area contributed by atoms with E-state index >= 15 is 0 Å². The number of hydrogen-bond acceptors (Lipinski definition) is 5. The van der Waals surface area contributed by atoms with Crippen LogP contribution in [-0.4, -0.2) is 36.1 Å². The summed E-state index contributed by atoms with van der Waals surface area (Å²) in [6.07, 6.45) is 0.646. The molecule has 0 aliphatic heterocycles. The molecule has 0 fully saturated rings. The average molecular weight is 449 g/mol. The predicted octanol–water partition coefficient (Wildman–Crippen LogP) is 5.19. The largest absolute Gasteiger partial charge is 0.486 e. The first-order valence-electron chi connectivity index (χ1n) is 9.41. The summed E-state index contributed by atoms with van der Waals surface area (Å²) in [5, 5.41) is 3.32. The Hall–Kier alpha value is -2.48. The number of carbonyl (C=O) groups excluding carboxylic acids is 1. The van der Waals surface area contributed by atoms with Crippen molar-refractivity contribution >= 4 is 28.8 Å². The quantitative estimate of drug-likeness (QED) is 0.400. The fourth-order valence-electron chi connectivity index (χ4n) is 2.82. The molecule has 0 aliphatic carbocycles. The van der Waals surface area contributed by atoms with Gasteiger partial charge in [0.05, 0.1) is 17.8 Å². The zero-order valence-electron chi connectivity index (χ0n) is 16.5. The van der Waals surface area contributed by atoms with E-state index in [1.807, 2.05) is 5.38 Å². The molecule has 0 N–H and O–H groups in total.